The van der Waals surface area contributed by atoms with Gasteiger partial charge in [0.1, 0.15) is 0 Å². The monoisotopic (exact) mass is 223 g/mol. The minimum Gasteiger partial charge on any atom is -0.267 e. The number of halogens is 1. The summed E-state index contributed by atoms with van der Waals surface area (Å²) < 4.78 is 0. The Hall–Kier alpha value is -0.960. The average molecular weight is 224 g/mol. The molecule has 2 nitrogen and oxygen atoms in total. The van der Waals surface area contributed by atoms with Crippen molar-refractivity contribution in [3.05, 3.63) is 36.0 Å². The summed E-state index contributed by atoms with van der Waals surface area (Å²) in [6.07, 6.45) is 9.12. The molecule has 0 saturated carbocycles. The Bertz CT molecular complexity index is 350. The Morgan fingerprint density at radius 2 is 2.25 bits per heavy atom. The van der Waals surface area contributed by atoms with Gasteiger partial charge in [0.05, 0.1) is 10.5 Å². The van der Waals surface area contributed by atoms with Crippen molar-refractivity contribution in [2.75, 3.05) is 0 Å². The van der Waals surface area contributed by atoms with Crippen LogP contribution in [0.1, 0.15) is 0 Å². The number of allylic oxidation sites excluding steroid dienone is 5. The third kappa shape index (κ3) is 1.20. The van der Waals surface area contributed by atoms with Crippen LogP contribution in [0.2, 0.25) is 0 Å². The van der Waals surface area contributed by atoms with Crippen LogP contribution in [0, 0.1) is 0 Å². The fourth-order valence-corrected chi connectivity index (χ4v) is 1.72. The van der Waals surface area contributed by atoms with E-state index in [1.165, 1.54) is 6.08 Å². The zero-order valence-corrected chi connectivity index (χ0v) is 7.78. The summed E-state index contributed by atoms with van der Waals surface area (Å²) in [5, 5.41) is 0. The third-order valence-electron chi connectivity index (χ3n) is 1.75. The molecule has 1 unspecified atom stereocenters. The summed E-state index contributed by atoms with van der Waals surface area (Å²) in [6.45, 7) is 0. The molecular formula is C9H6BrNO. The number of carbonyl (C=O) groups is 1. The van der Waals surface area contributed by atoms with Crippen LogP contribution < -0.4 is 0 Å². The van der Waals surface area contributed by atoms with Crippen molar-refractivity contribution in [3.8, 4) is 0 Å². The van der Waals surface area contributed by atoms with Gasteiger partial charge in [0.2, 0.25) is 0 Å². The molecule has 0 aromatic rings. The zero-order chi connectivity index (χ0) is 8.55. The molecule has 0 aromatic carbocycles. The van der Waals surface area contributed by atoms with E-state index in [-0.39, 0.29) is 10.7 Å². The highest BCUT2D eigenvalue weighted by Gasteiger charge is 2.19. The third-order valence-corrected chi connectivity index (χ3v) is 2.49. The molecule has 0 bridgehead atoms. The highest BCUT2D eigenvalue weighted by Crippen LogP contribution is 2.20. The van der Waals surface area contributed by atoms with E-state index in [9.17, 15) is 4.79 Å². The summed E-state index contributed by atoms with van der Waals surface area (Å²) in [5.74, 6) is -0.179. The summed E-state index contributed by atoms with van der Waals surface area (Å²) in [5.41, 5.74) is 1.82. The SMILES string of the molecule is O=C1C=CC2=CC=CC(Br)C2=N1. The first-order chi connectivity index (χ1) is 5.77. The zero-order valence-electron chi connectivity index (χ0n) is 6.20. The maximum atomic E-state index is 10.9. The molecule has 1 amide bonds. The molecule has 2 aliphatic rings. The first kappa shape index (κ1) is 7.68. The van der Waals surface area contributed by atoms with Gasteiger partial charge in [0.25, 0.3) is 5.91 Å². The van der Waals surface area contributed by atoms with Crippen LogP contribution in [0.5, 0.6) is 0 Å². The van der Waals surface area contributed by atoms with E-state index in [0.717, 1.165) is 11.3 Å². The molecule has 0 aromatic heterocycles. The van der Waals surface area contributed by atoms with Crippen LogP contribution in [0.25, 0.3) is 0 Å². The molecule has 1 aliphatic heterocycles. The summed E-state index contributed by atoms with van der Waals surface area (Å²) in [4.78, 5) is 14.9. The van der Waals surface area contributed by atoms with Crippen molar-refractivity contribution in [1.29, 1.82) is 0 Å². The van der Waals surface area contributed by atoms with E-state index in [1.54, 1.807) is 6.08 Å². The fourth-order valence-electron chi connectivity index (χ4n) is 1.18. The van der Waals surface area contributed by atoms with Gasteiger partial charge < -0.3 is 0 Å². The van der Waals surface area contributed by atoms with Crippen LogP contribution in [-0.4, -0.2) is 16.4 Å². The minimum atomic E-state index is -0.179. The molecule has 1 aliphatic carbocycles. The minimum absolute atomic E-state index is 0.0754. The Morgan fingerprint density at radius 3 is 3.08 bits per heavy atom. The molecule has 3 heteroatoms. The van der Waals surface area contributed by atoms with Crippen molar-refractivity contribution in [2.24, 2.45) is 4.99 Å². The van der Waals surface area contributed by atoms with Gasteiger partial charge in [0, 0.05) is 6.08 Å². The van der Waals surface area contributed by atoms with E-state index < -0.39 is 0 Å². The number of dihydropyridines is 1. The van der Waals surface area contributed by atoms with E-state index in [4.69, 9.17) is 0 Å². The number of alkyl halides is 1. The Kier molecular flexibility index (Phi) is 1.81. The second-order valence-electron chi connectivity index (χ2n) is 2.58. The Morgan fingerprint density at radius 1 is 1.42 bits per heavy atom. The molecule has 0 N–H and O–H groups in total. The second-order valence-corrected chi connectivity index (χ2v) is 3.56. The van der Waals surface area contributed by atoms with Crippen LogP contribution in [0.15, 0.2) is 40.9 Å². The van der Waals surface area contributed by atoms with Crippen LogP contribution in [0.4, 0.5) is 0 Å². The molecule has 0 spiro atoms. The van der Waals surface area contributed by atoms with E-state index in [1.807, 2.05) is 18.2 Å². The van der Waals surface area contributed by atoms with Crippen molar-refractivity contribution in [1.82, 2.24) is 0 Å². The number of carbonyl (C=O) groups excluding carboxylic acids is 1. The standard InChI is InChI=1S/C9H6BrNO/c10-7-3-1-2-6-4-5-8(12)11-9(6)7/h1-5,7H. The number of aliphatic imine (C=N–C) groups is 1. The second kappa shape index (κ2) is 2.83. The average Bonchev–Trinajstić information content (AvgIpc) is 2.07. The van der Waals surface area contributed by atoms with Crippen LogP contribution in [-0.2, 0) is 4.79 Å². The van der Waals surface area contributed by atoms with Gasteiger partial charge in [-0.1, -0.05) is 34.2 Å². The lowest BCUT2D eigenvalue weighted by atomic mass is 10.00. The highest BCUT2D eigenvalue weighted by molar-refractivity contribution is 9.10. The predicted octanol–water partition coefficient (Wildman–Crippen LogP) is 1.78. The Labute approximate surface area is 78.5 Å². The number of hydrogen-bond donors (Lipinski definition) is 0. The number of nitrogens with zero attached hydrogens (tertiary/aromatic N) is 1. The molecule has 1 heterocycles. The molecular weight excluding hydrogens is 218 g/mol. The van der Waals surface area contributed by atoms with Gasteiger partial charge in [-0.15, -0.1) is 0 Å². The number of rotatable bonds is 0. The molecule has 60 valence electrons. The van der Waals surface area contributed by atoms with Crippen molar-refractivity contribution < 1.29 is 4.79 Å². The molecule has 0 radical (unpaired) electrons. The first-order valence-corrected chi connectivity index (χ1v) is 4.52. The number of hydrogen-bond acceptors (Lipinski definition) is 1. The van der Waals surface area contributed by atoms with E-state index in [2.05, 4.69) is 20.9 Å². The maximum absolute atomic E-state index is 10.9. The first-order valence-electron chi connectivity index (χ1n) is 3.61. The van der Waals surface area contributed by atoms with Gasteiger partial charge in [-0.25, -0.2) is 4.99 Å². The molecule has 12 heavy (non-hydrogen) atoms. The lowest BCUT2D eigenvalue weighted by Crippen LogP contribution is -2.20. The lowest BCUT2D eigenvalue weighted by molar-refractivity contribution is -0.113. The van der Waals surface area contributed by atoms with Gasteiger partial charge in [0.15, 0.2) is 0 Å². The summed E-state index contributed by atoms with van der Waals surface area (Å²) in [6, 6.07) is 0. The van der Waals surface area contributed by atoms with Crippen molar-refractivity contribution in [2.45, 2.75) is 4.83 Å². The summed E-state index contributed by atoms with van der Waals surface area (Å²) >= 11 is 3.41. The lowest BCUT2D eigenvalue weighted by Gasteiger charge is -2.15. The maximum Gasteiger partial charge on any atom is 0.270 e. The van der Waals surface area contributed by atoms with Crippen molar-refractivity contribution in [3.63, 3.8) is 0 Å². The molecule has 0 fully saturated rings. The topological polar surface area (TPSA) is 29.4 Å². The molecule has 1 atom stereocenters. The van der Waals surface area contributed by atoms with Gasteiger partial charge in [-0.3, -0.25) is 4.79 Å². The van der Waals surface area contributed by atoms with Gasteiger partial charge in [-0.05, 0) is 11.6 Å². The largest absolute Gasteiger partial charge is 0.270 e. The Balaban J connectivity index is 2.46. The molecule has 2 rings (SSSR count). The van der Waals surface area contributed by atoms with E-state index in [0.29, 0.717) is 0 Å². The number of amides is 1. The van der Waals surface area contributed by atoms with Crippen LogP contribution >= 0.6 is 15.9 Å². The van der Waals surface area contributed by atoms with Gasteiger partial charge >= 0.3 is 0 Å². The highest BCUT2D eigenvalue weighted by atomic mass is 79.9. The van der Waals surface area contributed by atoms with Gasteiger partial charge in [-0.2, -0.15) is 0 Å². The number of fused-ring (bicyclic) bond motifs is 1. The van der Waals surface area contributed by atoms with E-state index >= 15 is 0 Å². The van der Waals surface area contributed by atoms with Crippen molar-refractivity contribution >= 4 is 27.5 Å². The summed E-state index contributed by atoms with van der Waals surface area (Å²) in [7, 11) is 0. The van der Waals surface area contributed by atoms with Crippen LogP contribution in [0.3, 0.4) is 0 Å². The normalized spacial score (nSPS) is 26.4. The molecule has 0 saturated heterocycles. The fraction of sp³-hybridized carbons (Fsp3) is 0.111. The quantitative estimate of drug-likeness (QED) is 0.576. The smallest absolute Gasteiger partial charge is 0.267 e. The predicted molar refractivity (Wildman–Crippen MR) is 51.5 cm³/mol.